The van der Waals surface area contributed by atoms with E-state index in [1.807, 2.05) is 17.5 Å². The Morgan fingerprint density at radius 1 is 1.50 bits per heavy atom. The molecule has 6 nitrogen and oxygen atoms in total. The normalized spacial score (nSPS) is 13.0. The van der Waals surface area contributed by atoms with E-state index in [9.17, 15) is 5.11 Å². The molecule has 1 atom stereocenters. The van der Waals surface area contributed by atoms with Crippen LogP contribution in [-0.2, 0) is 0 Å². The van der Waals surface area contributed by atoms with Gasteiger partial charge in [-0.25, -0.2) is 0 Å². The number of aromatic nitrogens is 3. The van der Waals surface area contributed by atoms with Crippen molar-refractivity contribution < 1.29 is 9.63 Å². The summed E-state index contributed by atoms with van der Waals surface area (Å²) in [6.07, 6.45) is 0.753. The van der Waals surface area contributed by atoms with Crippen LogP contribution in [-0.4, -0.2) is 26.8 Å². The van der Waals surface area contributed by atoms with Gasteiger partial charge in [0.25, 0.3) is 5.89 Å². The monoisotopic (exact) mass is 262 g/mol. The Morgan fingerprint density at radius 2 is 2.39 bits per heavy atom. The van der Waals surface area contributed by atoms with Crippen LogP contribution in [0.1, 0.15) is 12.0 Å². The number of rotatable bonds is 3. The standard InChI is InChI=1S/C11H10N4O2S/c12-4-8(16)11-14-10(15-17-11)6-3-9-7(13-5-6)1-2-18-9/h1-3,5,8,16H,4,12H2/t8-/m0/s1. The highest BCUT2D eigenvalue weighted by atomic mass is 32.1. The highest BCUT2D eigenvalue weighted by Crippen LogP contribution is 2.24. The Labute approximate surface area is 106 Å². The number of aliphatic hydroxyl groups is 1. The SMILES string of the molecule is NC[C@H](O)c1nc(-c2cnc3ccsc3c2)no1. The predicted molar refractivity (Wildman–Crippen MR) is 66.9 cm³/mol. The number of pyridine rings is 1. The van der Waals surface area contributed by atoms with Crippen LogP contribution in [0.4, 0.5) is 0 Å². The Kier molecular flexibility index (Phi) is 2.78. The maximum atomic E-state index is 9.49. The molecule has 0 radical (unpaired) electrons. The van der Waals surface area contributed by atoms with Crippen molar-refractivity contribution in [2.45, 2.75) is 6.10 Å². The topological polar surface area (TPSA) is 98.1 Å². The van der Waals surface area contributed by atoms with Gasteiger partial charge in [-0.15, -0.1) is 11.3 Å². The van der Waals surface area contributed by atoms with Gasteiger partial charge in [0, 0.05) is 18.3 Å². The van der Waals surface area contributed by atoms with Gasteiger partial charge in [0.1, 0.15) is 6.10 Å². The number of nitrogens with zero attached hydrogens (tertiary/aromatic N) is 3. The van der Waals surface area contributed by atoms with E-state index in [1.54, 1.807) is 17.5 Å². The van der Waals surface area contributed by atoms with Crippen molar-refractivity contribution in [1.82, 2.24) is 15.1 Å². The van der Waals surface area contributed by atoms with Crippen molar-refractivity contribution in [3.63, 3.8) is 0 Å². The van der Waals surface area contributed by atoms with Gasteiger partial charge in [0.2, 0.25) is 5.82 Å². The van der Waals surface area contributed by atoms with Gasteiger partial charge in [0.05, 0.1) is 10.2 Å². The second kappa shape index (κ2) is 4.45. The smallest absolute Gasteiger partial charge is 0.257 e. The van der Waals surface area contributed by atoms with E-state index in [1.165, 1.54) is 0 Å². The molecule has 0 bridgehead atoms. The number of thiophene rings is 1. The van der Waals surface area contributed by atoms with E-state index >= 15 is 0 Å². The van der Waals surface area contributed by atoms with Crippen molar-refractivity contribution in [2.24, 2.45) is 5.73 Å². The van der Waals surface area contributed by atoms with E-state index in [-0.39, 0.29) is 12.4 Å². The van der Waals surface area contributed by atoms with Crippen LogP contribution >= 0.6 is 11.3 Å². The highest BCUT2D eigenvalue weighted by Gasteiger charge is 2.15. The molecule has 3 aromatic rings. The molecule has 7 heteroatoms. The number of aliphatic hydroxyl groups excluding tert-OH is 1. The molecule has 0 spiro atoms. The average molecular weight is 262 g/mol. The fourth-order valence-corrected chi connectivity index (χ4v) is 2.34. The van der Waals surface area contributed by atoms with Gasteiger partial charge in [-0.3, -0.25) is 4.98 Å². The number of nitrogens with two attached hydrogens (primary N) is 1. The van der Waals surface area contributed by atoms with E-state index < -0.39 is 6.10 Å². The minimum atomic E-state index is -0.926. The predicted octanol–water partition coefficient (Wildman–Crippen LogP) is 1.34. The molecule has 3 N–H and O–H groups in total. The van der Waals surface area contributed by atoms with Crippen molar-refractivity contribution in [1.29, 1.82) is 0 Å². The minimum absolute atomic E-state index is 0.0455. The lowest BCUT2D eigenvalue weighted by molar-refractivity contribution is 0.141. The van der Waals surface area contributed by atoms with Crippen LogP contribution in [0, 0.1) is 0 Å². The molecular formula is C11H10N4O2S. The van der Waals surface area contributed by atoms with Gasteiger partial charge < -0.3 is 15.4 Å². The largest absolute Gasteiger partial charge is 0.382 e. The molecule has 0 aromatic carbocycles. The van der Waals surface area contributed by atoms with Crippen molar-refractivity contribution in [2.75, 3.05) is 6.54 Å². The molecule has 0 aliphatic heterocycles. The van der Waals surface area contributed by atoms with E-state index in [4.69, 9.17) is 10.3 Å². The first-order valence-corrected chi connectivity index (χ1v) is 6.21. The zero-order valence-corrected chi connectivity index (χ0v) is 10.1. The molecule has 0 amide bonds. The summed E-state index contributed by atoms with van der Waals surface area (Å²) >= 11 is 1.60. The lowest BCUT2D eigenvalue weighted by Crippen LogP contribution is -2.11. The summed E-state index contributed by atoms with van der Waals surface area (Å²) in [5.41, 5.74) is 7.02. The number of hydrogen-bond acceptors (Lipinski definition) is 7. The molecule has 3 heterocycles. The summed E-state index contributed by atoms with van der Waals surface area (Å²) in [7, 11) is 0. The third-order valence-corrected chi connectivity index (χ3v) is 3.36. The van der Waals surface area contributed by atoms with Crippen LogP contribution < -0.4 is 5.73 Å². The van der Waals surface area contributed by atoms with Gasteiger partial charge in [0.15, 0.2) is 0 Å². The third kappa shape index (κ3) is 1.88. The van der Waals surface area contributed by atoms with Crippen LogP contribution in [0.15, 0.2) is 28.2 Å². The summed E-state index contributed by atoms with van der Waals surface area (Å²) in [6.45, 7) is 0.0455. The van der Waals surface area contributed by atoms with E-state index in [2.05, 4.69) is 15.1 Å². The first kappa shape index (κ1) is 11.3. The highest BCUT2D eigenvalue weighted by molar-refractivity contribution is 7.17. The summed E-state index contributed by atoms with van der Waals surface area (Å²) in [5, 5.41) is 15.3. The van der Waals surface area contributed by atoms with Gasteiger partial charge in [-0.2, -0.15) is 4.98 Å². The van der Waals surface area contributed by atoms with Gasteiger partial charge in [-0.1, -0.05) is 5.16 Å². The van der Waals surface area contributed by atoms with Crippen molar-refractivity contribution >= 4 is 21.6 Å². The van der Waals surface area contributed by atoms with E-state index in [0.29, 0.717) is 5.82 Å². The average Bonchev–Trinajstić information content (AvgIpc) is 3.05. The summed E-state index contributed by atoms with van der Waals surface area (Å²) < 4.78 is 6.00. The van der Waals surface area contributed by atoms with Crippen molar-refractivity contribution in [3.8, 4) is 11.4 Å². The Hall–Kier alpha value is -1.83. The second-order valence-corrected chi connectivity index (χ2v) is 4.68. The van der Waals surface area contributed by atoms with E-state index in [0.717, 1.165) is 15.8 Å². The third-order valence-electron chi connectivity index (χ3n) is 2.51. The molecule has 92 valence electrons. The lowest BCUT2D eigenvalue weighted by atomic mass is 10.2. The first-order chi connectivity index (χ1) is 8.78. The minimum Gasteiger partial charge on any atom is -0.382 e. The lowest BCUT2D eigenvalue weighted by Gasteiger charge is -1.98. The molecule has 0 fully saturated rings. The van der Waals surface area contributed by atoms with Crippen molar-refractivity contribution in [3.05, 3.63) is 29.6 Å². The first-order valence-electron chi connectivity index (χ1n) is 5.33. The zero-order valence-electron chi connectivity index (χ0n) is 9.28. The second-order valence-electron chi connectivity index (χ2n) is 3.74. The molecular weight excluding hydrogens is 252 g/mol. The molecule has 3 aromatic heterocycles. The number of fused-ring (bicyclic) bond motifs is 1. The van der Waals surface area contributed by atoms with Gasteiger partial charge >= 0.3 is 0 Å². The molecule has 0 saturated carbocycles. The van der Waals surface area contributed by atoms with Crippen LogP contribution in [0.2, 0.25) is 0 Å². The molecule has 18 heavy (non-hydrogen) atoms. The molecule has 0 saturated heterocycles. The van der Waals surface area contributed by atoms with Gasteiger partial charge in [-0.05, 0) is 17.5 Å². The Morgan fingerprint density at radius 3 is 3.22 bits per heavy atom. The van der Waals surface area contributed by atoms with Crippen LogP contribution in [0.25, 0.3) is 21.6 Å². The fraction of sp³-hybridized carbons (Fsp3) is 0.182. The zero-order chi connectivity index (χ0) is 12.5. The number of hydrogen-bond donors (Lipinski definition) is 2. The molecule has 0 aliphatic rings. The van der Waals surface area contributed by atoms with Crippen LogP contribution in [0.5, 0.6) is 0 Å². The molecule has 3 rings (SSSR count). The summed E-state index contributed by atoms with van der Waals surface area (Å²) in [6, 6.07) is 3.89. The molecule has 0 aliphatic carbocycles. The Balaban J connectivity index is 2.00. The molecule has 0 unspecified atom stereocenters. The summed E-state index contributed by atoms with van der Waals surface area (Å²) in [5.74, 6) is 0.527. The fourth-order valence-electron chi connectivity index (χ4n) is 1.56. The van der Waals surface area contributed by atoms with Crippen LogP contribution in [0.3, 0.4) is 0 Å². The summed E-state index contributed by atoms with van der Waals surface area (Å²) in [4.78, 5) is 8.39. The maximum absolute atomic E-state index is 9.49. The maximum Gasteiger partial charge on any atom is 0.257 e. The Bertz CT molecular complexity index is 678. The quantitative estimate of drug-likeness (QED) is 0.739.